The van der Waals surface area contributed by atoms with E-state index in [1.165, 1.54) is 38.1 Å². The van der Waals surface area contributed by atoms with Gasteiger partial charge in [-0.3, -0.25) is 4.79 Å². The van der Waals surface area contributed by atoms with Gasteiger partial charge >= 0.3 is 5.97 Å². The van der Waals surface area contributed by atoms with Gasteiger partial charge in [-0.15, -0.1) is 0 Å². The Morgan fingerprint density at radius 2 is 1.75 bits per heavy atom. The van der Waals surface area contributed by atoms with Gasteiger partial charge in [-0.25, -0.2) is 8.42 Å². The lowest BCUT2D eigenvalue weighted by Gasteiger charge is -2.21. The van der Waals surface area contributed by atoms with Crippen molar-refractivity contribution in [1.29, 1.82) is 0 Å². The molecule has 0 heterocycles. The first kappa shape index (κ1) is 16.5. The average Bonchev–Trinajstić information content (AvgIpc) is 2.27. The van der Waals surface area contributed by atoms with E-state index in [2.05, 4.69) is 4.72 Å². The second kappa shape index (κ2) is 5.80. The molecule has 0 aliphatic heterocycles. The third kappa shape index (κ3) is 4.21. The van der Waals surface area contributed by atoms with Crippen molar-refractivity contribution in [3.05, 3.63) is 24.3 Å². The van der Waals surface area contributed by atoms with Crippen molar-refractivity contribution in [2.24, 2.45) is 0 Å². The molecule has 0 spiro atoms. The summed E-state index contributed by atoms with van der Waals surface area (Å²) < 4.78 is 31.7. The molecule has 0 aromatic heterocycles. The second-order valence-corrected chi connectivity index (χ2v) is 6.86. The van der Waals surface area contributed by atoms with Crippen LogP contribution in [0.5, 0.6) is 5.75 Å². The number of hydrogen-bond acceptors (Lipinski definition) is 4. The quantitative estimate of drug-likeness (QED) is 0.833. The van der Waals surface area contributed by atoms with E-state index >= 15 is 0 Å². The maximum absolute atomic E-state index is 12.1. The summed E-state index contributed by atoms with van der Waals surface area (Å²) in [6.45, 7) is 6.29. The zero-order valence-electron chi connectivity index (χ0n) is 11.9. The first-order valence-corrected chi connectivity index (χ1v) is 7.57. The standard InChI is InChI=1S/C13H19NO5S/c1-9(2)19-10-5-7-11(8-6-10)20(17,18)14-13(3,4)12(15)16/h5-9,14H,1-4H3,(H,15,16). The molecule has 1 aromatic rings. The lowest BCUT2D eigenvalue weighted by Crippen LogP contribution is -2.49. The van der Waals surface area contributed by atoms with Crippen LogP contribution in [0.25, 0.3) is 0 Å². The molecule has 0 radical (unpaired) electrons. The molecule has 0 aliphatic rings. The number of benzene rings is 1. The van der Waals surface area contributed by atoms with Gasteiger partial charge in [0.15, 0.2) is 0 Å². The zero-order chi connectivity index (χ0) is 15.6. The van der Waals surface area contributed by atoms with Crippen molar-refractivity contribution in [3.8, 4) is 5.75 Å². The van der Waals surface area contributed by atoms with Gasteiger partial charge in [-0.2, -0.15) is 4.72 Å². The highest BCUT2D eigenvalue weighted by Crippen LogP contribution is 2.18. The van der Waals surface area contributed by atoms with Crippen molar-refractivity contribution in [2.75, 3.05) is 0 Å². The highest BCUT2D eigenvalue weighted by atomic mass is 32.2. The van der Waals surface area contributed by atoms with E-state index in [0.717, 1.165) is 0 Å². The molecule has 0 aliphatic carbocycles. The minimum Gasteiger partial charge on any atom is -0.491 e. The molecule has 1 aromatic carbocycles. The van der Waals surface area contributed by atoms with Crippen LogP contribution in [0.1, 0.15) is 27.7 Å². The van der Waals surface area contributed by atoms with E-state index in [1.54, 1.807) is 0 Å². The fourth-order valence-electron chi connectivity index (χ4n) is 1.41. The second-order valence-electron chi connectivity index (χ2n) is 5.17. The summed E-state index contributed by atoms with van der Waals surface area (Å²) in [6.07, 6.45) is -0.0125. The molecule has 6 nitrogen and oxygen atoms in total. The molecule has 0 amide bonds. The predicted octanol–water partition coefficient (Wildman–Crippen LogP) is 1.62. The van der Waals surface area contributed by atoms with Crippen LogP contribution in [0.2, 0.25) is 0 Å². The lowest BCUT2D eigenvalue weighted by molar-refractivity contribution is -0.142. The Labute approximate surface area is 118 Å². The van der Waals surface area contributed by atoms with E-state index in [4.69, 9.17) is 9.84 Å². The van der Waals surface area contributed by atoms with E-state index in [1.807, 2.05) is 13.8 Å². The molecule has 0 unspecified atom stereocenters. The van der Waals surface area contributed by atoms with Gasteiger partial charge in [-0.05, 0) is 52.0 Å². The highest BCUT2D eigenvalue weighted by Gasteiger charge is 2.32. The maximum atomic E-state index is 12.1. The Morgan fingerprint density at radius 1 is 1.25 bits per heavy atom. The molecule has 2 N–H and O–H groups in total. The molecule has 0 bridgehead atoms. The summed E-state index contributed by atoms with van der Waals surface area (Å²) in [5.74, 6) is -0.697. The Kier molecular flexibility index (Phi) is 4.77. The molecule has 112 valence electrons. The van der Waals surface area contributed by atoms with Gasteiger partial charge < -0.3 is 9.84 Å². The van der Waals surface area contributed by atoms with Crippen molar-refractivity contribution in [1.82, 2.24) is 4.72 Å². The maximum Gasteiger partial charge on any atom is 0.324 e. The van der Waals surface area contributed by atoms with Crippen LogP contribution in [0.4, 0.5) is 0 Å². The minimum atomic E-state index is -3.89. The van der Waals surface area contributed by atoms with Crippen LogP contribution in [0, 0.1) is 0 Å². The first-order valence-electron chi connectivity index (χ1n) is 6.09. The Morgan fingerprint density at radius 3 is 2.15 bits per heavy atom. The molecule has 0 saturated carbocycles. The molecule has 7 heteroatoms. The number of aliphatic carboxylic acids is 1. The van der Waals surface area contributed by atoms with Gasteiger partial charge in [0.1, 0.15) is 11.3 Å². The zero-order valence-corrected chi connectivity index (χ0v) is 12.7. The molecule has 0 atom stereocenters. The number of carboxylic acids is 1. The summed E-state index contributed by atoms with van der Waals surface area (Å²) in [5, 5.41) is 8.95. The first-order chi connectivity index (χ1) is 9.04. The Hall–Kier alpha value is -1.60. The largest absolute Gasteiger partial charge is 0.491 e. The van der Waals surface area contributed by atoms with Gasteiger partial charge in [0.2, 0.25) is 10.0 Å². The number of rotatable bonds is 6. The predicted molar refractivity (Wildman–Crippen MR) is 74.2 cm³/mol. The normalized spacial score (nSPS) is 12.4. The van der Waals surface area contributed by atoms with Gasteiger partial charge in [0.05, 0.1) is 11.0 Å². The van der Waals surface area contributed by atoms with Crippen LogP contribution < -0.4 is 9.46 Å². The number of carbonyl (C=O) groups is 1. The summed E-state index contributed by atoms with van der Waals surface area (Å²) in [5.41, 5.74) is -1.58. The van der Waals surface area contributed by atoms with E-state index in [-0.39, 0.29) is 11.0 Å². The van der Waals surface area contributed by atoms with E-state index in [0.29, 0.717) is 5.75 Å². The van der Waals surface area contributed by atoms with Gasteiger partial charge in [0, 0.05) is 0 Å². The molecular weight excluding hydrogens is 282 g/mol. The number of nitrogens with one attached hydrogen (secondary N) is 1. The summed E-state index contributed by atoms with van der Waals surface area (Å²) >= 11 is 0. The highest BCUT2D eigenvalue weighted by molar-refractivity contribution is 7.89. The van der Waals surface area contributed by atoms with Crippen LogP contribution in [0.15, 0.2) is 29.2 Å². The third-order valence-electron chi connectivity index (χ3n) is 2.43. The van der Waals surface area contributed by atoms with Crippen molar-refractivity contribution < 1.29 is 23.1 Å². The van der Waals surface area contributed by atoms with Crippen molar-refractivity contribution in [2.45, 2.75) is 44.2 Å². The van der Waals surface area contributed by atoms with Crippen LogP contribution in [-0.2, 0) is 14.8 Å². The van der Waals surface area contributed by atoms with Crippen molar-refractivity contribution in [3.63, 3.8) is 0 Å². The van der Waals surface area contributed by atoms with E-state index < -0.39 is 21.5 Å². The monoisotopic (exact) mass is 301 g/mol. The minimum absolute atomic E-state index is 0.0112. The molecule has 20 heavy (non-hydrogen) atoms. The smallest absolute Gasteiger partial charge is 0.324 e. The topological polar surface area (TPSA) is 92.7 Å². The molecule has 0 saturated heterocycles. The van der Waals surface area contributed by atoms with Crippen LogP contribution in [0.3, 0.4) is 0 Å². The van der Waals surface area contributed by atoms with Gasteiger partial charge in [0.25, 0.3) is 0 Å². The number of carboxylic acid groups (broad SMARTS) is 1. The molecule has 1 rings (SSSR count). The molecule has 0 fully saturated rings. The summed E-state index contributed by atoms with van der Waals surface area (Å²) in [6, 6.07) is 5.81. The molecular formula is C13H19NO5S. The summed E-state index contributed by atoms with van der Waals surface area (Å²) in [7, 11) is -3.89. The van der Waals surface area contributed by atoms with Gasteiger partial charge in [-0.1, -0.05) is 0 Å². The Bertz CT molecular complexity index is 575. The fourth-order valence-corrected chi connectivity index (χ4v) is 2.78. The lowest BCUT2D eigenvalue weighted by atomic mass is 10.1. The third-order valence-corrected chi connectivity index (χ3v) is 4.10. The Balaban J connectivity index is 2.96. The van der Waals surface area contributed by atoms with Crippen LogP contribution in [-0.4, -0.2) is 31.1 Å². The number of ether oxygens (including phenoxy) is 1. The number of hydrogen-bond donors (Lipinski definition) is 2. The fraction of sp³-hybridized carbons (Fsp3) is 0.462. The number of sulfonamides is 1. The van der Waals surface area contributed by atoms with Crippen molar-refractivity contribution >= 4 is 16.0 Å². The SMILES string of the molecule is CC(C)Oc1ccc(S(=O)(=O)NC(C)(C)C(=O)O)cc1. The average molecular weight is 301 g/mol. The van der Waals surface area contributed by atoms with Crippen LogP contribution >= 0.6 is 0 Å². The summed E-state index contributed by atoms with van der Waals surface area (Å²) in [4.78, 5) is 10.9. The van der Waals surface area contributed by atoms with E-state index in [9.17, 15) is 13.2 Å².